The minimum Gasteiger partial charge on any atom is -0.368 e. The van der Waals surface area contributed by atoms with Gasteiger partial charge in [-0.15, -0.1) is 0 Å². The quantitative estimate of drug-likeness (QED) is 0.719. The summed E-state index contributed by atoms with van der Waals surface area (Å²) in [6, 6.07) is 7.56. The zero-order chi connectivity index (χ0) is 12.0. The molecule has 0 unspecified atom stereocenters. The number of hydrogen-bond acceptors (Lipinski definition) is 3. The molecule has 0 aliphatic heterocycles. The van der Waals surface area contributed by atoms with E-state index in [1.54, 1.807) is 6.07 Å². The molecule has 0 saturated heterocycles. The molecule has 3 rings (SSSR count). The zero-order valence-electron chi connectivity index (χ0n) is 9.14. The van der Waals surface area contributed by atoms with Gasteiger partial charge < -0.3 is 14.8 Å². The maximum absolute atomic E-state index is 6.36. The molecule has 2 N–H and O–H groups in total. The lowest BCUT2D eigenvalue weighted by Crippen LogP contribution is -1.85. The summed E-state index contributed by atoms with van der Waals surface area (Å²) in [5, 5.41) is 5.53. The number of nitrogens with zero attached hydrogens (tertiary/aromatic N) is 2. The second-order valence-corrected chi connectivity index (χ2v) is 4.28. The van der Waals surface area contributed by atoms with Crippen LogP contribution in [0.4, 0.5) is 5.88 Å². The van der Waals surface area contributed by atoms with Gasteiger partial charge in [0, 0.05) is 35.8 Å². The van der Waals surface area contributed by atoms with Gasteiger partial charge in [0.1, 0.15) is 5.69 Å². The smallest absolute Gasteiger partial charge is 0.222 e. The topological polar surface area (TPSA) is 57.0 Å². The predicted molar refractivity (Wildman–Crippen MR) is 67.8 cm³/mol. The van der Waals surface area contributed by atoms with Gasteiger partial charge in [0.15, 0.2) is 0 Å². The number of nitrogen functional groups attached to an aromatic ring is 1. The first-order chi connectivity index (χ1) is 8.16. The van der Waals surface area contributed by atoms with E-state index in [0.717, 1.165) is 16.5 Å². The van der Waals surface area contributed by atoms with Crippen molar-refractivity contribution < 1.29 is 4.52 Å². The Morgan fingerprint density at radius 3 is 2.88 bits per heavy atom. The molecule has 0 spiro atoms. The van der Waals surface area contributed by atoms with Crippen molar-refractivity contribution in [2.45, 2.75) is 0 Å². The van der Waals surface area contributed by atoms with Crippen molar-refractivity contribution in [1.29, 1.82) is 0 Å². The monoisotopic (exact) mass is 247 g/mol. The maximum Gasteiger partial charge on any atom is 0.222 e. The minimum atomic E-state index is 0.282. The molecule has 3 aromatic rings. The lowest BCUT2D eigenvalue weighted by Gasteiger charge is -2.02. The first-order valence-corrected chi connectivity index (χ1v) is 5.50. The lowest BCUT2D eigenvalue weighted by atomic mass is 10.1. The van der Waals surface area contributed by atoms with E-state index in [0.29, 0.717) is 10.7 Å². The highest BCUT2D eigenvalue weighted by molar-refractivity contribution is 6.38. The summed E-state index contributed by atoms with van der Waals surface area (Å²) in [5.74, 6) is 0.282. The van der Waals surface area contributed by atoms with Crippen molar-refractivity contribution in [2.24, 2.45) is 7.05 Å². The van der Waals surface area contributed by atoms with Gasteiger partial charge in [0.05, 0.1) is 5.02 Å². The predicted octanol–water partition coefficient (Wildman–Crippen LogP) is 3.07. The molecule has 1 aromatic carbocycles. The summed E-state index contributed by atoms with van der Waals surface area (Å²) in [5.41, 5.74) is 8.06. The van der Waals surface area contributed by atoms with Crippen LogP contribution in [0, 0.1) is 0 Å². The van der Waals surface area contributed by atoms with E-state index in [9.17, 15) is 0 Å². The molecule has 0 fully saturated rings. The highest BCUT2D eigenvalue weighted by Crippen LogP contribution is 2.34. The average Bonchev–Trinajstić information content (AvgIpc) is 2.87. The van der Waals surface area contributed by atoms with Crippen LogP contribution in [0.1, 0.15) is 0 Å². The summed E-state index contributed by atoms with van der Waals surface area (Å²) < 4.78 is 6.87. The highest BCUT2D eigenvalue weighted by Gasteiger charge is 2.12. The van der Waals surface area contributed by atoms with Gasteiger partial charge in [-0.25, -0.2) is 0 Å². The Morgan fingerprint density at radius 2 is 2.18 bits per heavy atom. The van der Waals surface area contributed by atoms with Crippen LogP contribution in [0.3, 0.4) is 0 Å². The number of fused-ring (bicyclic) bond motifs is 1. The van der Waals surface area contributed by atoms with Crippen LogP contribution < -0.4 is 5.73 Å². The number of hydrogen-bond donors (Lipinski definition) is 1. The zero-order valence-corrected chi connectivity index (χ0v) is 9.90. The van der Waals surface area contributed by atoms with Gasteiger partial charge >= 0.3 is 0 Å². The SMILES string of the molecule is Cn1ccc2c(Cl)c(-c3cc(N)on3)ccc21. The van der Waals surface area contributed by atoms with Crippen LogP contribution in [0.25, 0.3) is 22.2 Å². The Balaban J connectivity index is 2.28. The number of aromatic nitrogens is 2. The Hall–Kier alpha value is -1.94. The van der Waals surface area contributed by atoms with Gasteiger partial charge in [0.2, 0.25) is 5.88 Å². The van der Waals surface area contributed by atoms with E-state index < -0.39 is 0 Å². The van der Waals surface area contributed by atoms with Crippen LogP contribution >= 0.6 is 11.6 Å². The van der Waals surface area contributed by atoms with Crippen LogP contribution in [-0.4, -0.2) is 9.72 Å². The average molecular weight is 248 g/mol. The van der Waals surface area contributed by atoms with Gasteiger partial charge in [0.25, 0.3) is 0 Å². The number of aryl methyl sites for hydroxylation is 1. The lowest BCUT2D eigenvalue weighted by molar-refractivity contribution is 0.439. The van der Waals surface area contributed by atoms with Crippen LogP contribution in [0.5, 0.6) is 0 Å². The van der Waals surface area contributed by atoms with E-state index in [1.807, 2.05) is 36.0 Å². The molecule has 0 atom stereocenters. The molecular weight excluding hydrogens is 238 g/mol. The van der Waals surface area contributed by atoms with Crippen molar-refractivity contribution in [1.82, 2.24) is 9.72 Å². The summed E-state index contributed by atoms with van der Waals surface area (Å²) in [4.78, 5) is 0. The summed E-state index contributed by atoms with van der Waals surface area (Å²) in [6.45, 7) is 0. The first-order valence-electron chi connectivity index (χ1n) is 5.13. The molecule has 5 heteroatoms. The second kappa shape index (κ2) is 3.53. The summed E-state index contributed by atoms with van der Waals surface area (Å²) in [7, 11) is 1.98. The molecule has 4 nitrogen and oxygen atoms in total. The van der Waals surface area contributed by atoms with Crippen LogP contribution in [0.15, 0.2) is 35.0 Å². The molecule has 0 amide bonds. The Bertz CT molecular complexity index is 699. The van der Waals surface area contributed by atoms with E-state index in [1.165, 1.54) is 0 Å². The molecule has 0 bridgehead atoms. The van der Waals surface area contributed by atoms with E-state index in [4.69, 9.17) is 21.9 Å². The molecule has 2 aromatic heterocycles. The third-order valence-corrected chi connectivity index (χ3v) is 3.21. The molecule has 2 heterocycles. The Kier molecular flexibility index (Phi) is 2.12. The fourth-order valence-corrected chi connectivity index (χ4v) is 2.25. The van der Waals surface area contributed by atoms with Crippen LogP contribution in [-0.2, 0) is 7.05 Å². The van der Waals surface area contributed by atoms with Crippen LogP contribution in [0.2, 0.25) is 5.02 Å². The highest BCUT2D eigenvalue weighted by atomic mass is 35.5. The molecular formula is C12H10ClN3O. The normalized spacial score (nSPS) is 11.2. The fourth-order valence-electron chi connectivity index (χ4n) is 1.93. The van der Waals surface area contributed by atoms with Crippen molar-refractivity contribution in [3.05, 3.63) is 35.5 Å². The van der Waals surface area contributed by atoms with Crippen molar-refractivity contribution in [2.75, 3.05) is 5.73 Å². The van der Waals surface area contributed by atoms with Crippen molar-refractivity contribution in [3.8, 4) is 11.3 Å². The number of nitrogens with two attached hydrogens (primary N) is 1. The number of benzene rings is 1. The Morgan fingerprint density at radius 1 is 1.35 bits per heavy atom. The summed E-state index contributed by atoms with van der Waals surface area (Å²) in [6.07, 6.45) is 1.97. The number of rotatable bonds is 1. The van der Waals surface area contributed by atoms with Gasteiger partial charge in [-0.2, -0.15) is 0 Å². The number of anilines is 1. The standard InChI is InChI=1S/C12H10ClN3O/c1-16-5-4-8-10(16)3-2-7(12(8)13)9-6-11(14)17-15-9/h2-6H,14H2,1H3. The van der Waals surface area contributed by atoms with Crippen molar-refractivity contribution >= 4 is 28.4 Å². The molecule has 17 heavy (non-hydrogen) atoms. The van der Waals surface area contributed by atoms with Crippen molar-refractivity contribution in [3.63, 3.8) is 0 Å². The minimum absolute atomic E-state index is 0.282. The van der Waals surface area contributed by atoms with Gasteiger partial charge in [-0.05, 0) is 18.2 Å². The molecule has 0 aliphatic rings. The molecule has 0 saturated carbocycles. The molecule has 86 valence electrons. The number of halogens is 1. The third kappa shape index (κ3) is 1.49. The van der Waals surface area contributed by atoms with Gasteiger partial charge in [-0.1, -0.05) is 16.8 Å². The third-order valence-electron chi connectivity index (χ3n) is 2.81. The van der Waals surface area contributed by atoms with E-state index in [2.05, 4.69) is 5.16 Å². The molecule has 0 aliphatic carbocycles. The first kappa shape index (κ1) is 10.2. The van der Waals surface area contributed by atoms with E-state index >= 15 is 0 Å². The Labute approximate surface area is 103 Å². The summed E-state index contributed by atoms with van der Waals surface area (Å²) >= 11 is 6.36. The molecule has 0 radical (unpaired) electrons. The van der Waals surface area contributed by atoms with Gasteiger partial charge in [-0.3, -0.25) is 0 Å². The fraction of sp³-hybridized carbons (Fsp3) is 0.0833. The largest absolute Gasteiger partial charge is 0.368 e. The van der Waals surface area contributed by atoms with E-state index in [-0.39, 0.29) is 5.88 Å². The maximum atomic E-state index is 6.36. The second-order valence-electron chi connectivity index (χ2n) is 3.90.